The van der Waals surface area contributed by atoms with Crippen LogP contribution in [0.2, 0.25) is 0 Å². The minimum Gasteiger partial charge on any atom is -0.480 e. The summed E-state index contributed by atoms with van der Waals surface area (Å²) in [5.74, 6) is -1.34. The SMILES string of the molecule is O=C(Cc1cccc(Br)c1)NC(CS)C(=O)O. The maximum absolute atomic E-state index is 11.6. The van der Waals surface area contributed by atoms with Crippen molar-refractivity contribution >= 4 is 40.4 Å². The summed E-state index contributed by atoms with van der Waals surface area (Å²) in [5.41, 5.74) is 0.820. The number of amides is 1. The van der Waals surface area contributed by atoms with Gasteiger partial charge in [0.25, 0.3) is 0 Å². The van der Waals surface area contributed by atoms with Crippen molar-refractivity contribution in [1.82, 2.24) is 5.32 Å². The zero-order valence-corrected chi connectivity index (χ0v) is 11.4. The maximum atomic E-state index is 11.6. The molecule has 0 aliphatic rings. The molecule has 1 rings (SSSR count). The van der Waals surface area contributed by atoms with Gasteiger partial charge in [0, 0.05) is 10.2 Å². The molecule has 0 aliphatic carbocycles. The molecule has 6 heteroatoms. The second kappa shape index (κ2) is 6.66. The summed E-state index contributed by atoms with van der Waals surface area (Å²) in [5, 5.41) is 11.2. The number of aliphatic carboxylic acids is 1. The smallest absolute Gasteiger partial charge is 0.327 e. The van der Waals surface area contributed by atoms with Crippen molar-refractivity contribution in [2.75, 3.05) is 5.75 Å². The molecule has 0 spiro atoms. The van der Waals surface area contributed by atoms with Crippen LogP contribution in [-0.4, -0.2) is 28.8 Å². The molecule has 92 valence electrons. The number of halogens is 1. The summed E-state index contributed by atoms with van der Waals surface area (Å²) in [7, 11) is 0. The highest BCUT2D eigenvalue weighted by Crippen LogP contribution is 2.12. The topological polar surface area (TPSA) is 66.4 Å². The Kier molecular flexibility index (Phi) is 5.50. The molecule has 0 aliphatic heterocycles. The van der Waals surface area contributed by atoms with Crippen LogP contribution in [-0.2, 0) is 16.0 Å². The van der Waals surface area contributed by atoms with Crippen LogP contribution in [0.4, 0.5) is 0 Å². The van der Waals surface area contributed by atoms with E-state index >= 15 is 0 Å². The lowest BCUT2D eigenvalue weighted by molar-refractivity contribution is -0.141. The average molecular weight is 318 g/mol. The Labute approximate surface area is 113 Å². The zero-order valence-electron chi connectivity index (χ0n) is 8.89. The van der Waals surface area contributed by atoms with Gasteiger partial charge >= 0.3 is 5.97 Å². The number of carboxylic acids is 1. The Hall–Kier alpha value is -1.01. The van der Waals surface area contributed by atoms with E-state index in [4.69, 9.17) is 5.11 Å². The van der Waals surface area contributed by atoms with Crippen molar-refractivity contribution in [1.29, 1.82) is 0 Å². The summed E-state index contributed by atoms with van der Waals surface area (Å²) < 4.78 is 0.881. The molecule has 4 nitrogen and oxygen atoms in total. The Morgan fingerprint density at radius 1 is 1.47 bits per heavy atom. The third kappa shape index (κ3) is 4.79. The first kappa shape index (κ1) is 14.1. The number of thiol groups is 1. The van der Waals surface area contributed by atoms with E-state index in [-0.39, 0.29) is 18.1 Å². The predicted molar refractivity (Wildman–Crippen MR) is 71.3 cm³/mol. The molecule has 0 saturated heterocycles. The lowest BCUT2D eigenvalue weighted by Gasteiger charge is -2.11. The molecule has 2 N–H and O–H groups in total. The fraction of sp³-hybridized carbons (Fsp3) is 0.273. The van der Waals surface area contributed by atoms with E-state index in [1.54, 1.807) is 6.07 Å². The van der Waals surface area contributed by atoms with Gasteiger partial charge in [-0.1, -0.05) is 28.1 Å². The van der Waals surface area contributed by atoms with Gasteiger partial charge in [0.05, 0.1) is 6.42 Å². The number of carbonyl (C=O) groups excluding carboxylic acids is 1. The molecule has 0 heterocycles. The third-order valence-corrected chi connectivity index (χ3v) is 2.93. The number of hydrogen-bond acceptors (Lipinski definition) is 3. The lowest BCUT2D eigenvalue weighted by Crippen LogP contribution is -2.42. The Morgan fingerprint density at radius 3 is 2.71 bits per heavy atom. The Balaban J connectivity index is 2.58. The second-order valence-corrected chi connectivity index (χ2v) is 4.73. The van der Waals surface area contributed by atoms with E-state index in [0.29, 0.717) is 0 Å². The van der Waals surface area contributed by atoms with Gasteiger partial charge < -0.3 is 10.4 Å². The van der Waals surface area contributed by atoms with Crippen molar-refractivity contribution in [2.45, 2.75) is 12.5 Å². The number of benzene rings is 1. The summed E-state index contributed by atoms with van der Waals surface area (Å²) >= 11 is 7.17. The summed E-state index contributed by atoms with van der Waals surface area (Å²) in [4.78, 5) is 22.3. The first-order valence-electron chi connectivity index (χ1n) is 4.90. The molecule has 1 amide bonds. The van der Waals surface area contributed by atoms with Crippen LogP contribution in [0.25, 0.3) is 0 Å². The molecule has 0 saturated carbocycles. The number of hydrogen-bond donors (Lipinski definition) is 3. The van der Waals surface area contributed by atoms with Gasteiger partial charge in [-0.3, -0.25) is 4.79 Å². The average Bonchev–Trinajstić information content (AvgIpc) is 2.25. The normalized spacial score (nSPS) is 11.9. The van der Waals surface area contributed by atoms with E-state index in [0.717, 1.165) is 10.0 Å². The highest BCUT2D eigenvalue weighted by atomic mass is 79.9. The van der Waals surface area contributed by atoms with E-state index < -0.39 is 12.0 Å². The number of carbonyl (C=O) groups is 2. The van der Waals surface area contributed by atoms with Gasteiger partial charge in [-0.05, 0) is 17.7 Å². The van der Waals surface area contributed by atoms with Crippen molar-refractivity contribution in [3.05, 3.63) is 34.3 Å². The molecule has 0 bridgehead atoms. The minimum atomic E-state index is -1.08. The van der Waals surface area contributed by atoms with Crippen LogP contribution in [0.1, 0.15) is 5.56 Å². The molecule has 1 aromatic rings. The molecular weight excluding hydrogens is 306 g/mol. The Bertz CT molecular complexity index is 425. The maximum Gasteiger partial charge on any atom is 0.327 e. The third-order valence-electron chi connectivity index (χ3n) is 2.07. The van der Waals surface area contributed by atoms with Crippen LogP contribution in [0.3, 0.4) is 0 Å². The van der Waals surface area contributed by atoms with E-state index in [1.807, 2.05) is 18.2 Å². The number of carboxylic acid groups (broad SMARTS) is 1. The zero-order chi connectivity index (χ0) is 12.8. The number of rotatable bonds is 5. The largest absolute Gasteiger partial charge is 0.480 e. The molecule has 0 radical (unpaired) electrons. The molecular formula is C11H12BrNO3S. The molecule has 1 unspecified atom stereocenters. The highest BCUT2D eigenvalue weighted by Gasteiger charge is 2.17. The van der Waals surface area contributed by atoms with Gasteiger partial charge in [0.15, 0.2) is 0 Å². The Morgan fingerprint density at radius 2 is 2.18 bits per heavy atom. The van der Waals surface area contributed by atoms with Crippen molar-refractivity contribution < 1.29 is 14.7 Å². The standard InChI is InChI=1S/C11H12BrNO3S/c12-8-3-1-2-7(4-8)5-10(14)13-9(6-17)11(15)16/h1-4,9,17H,5-6H2,(H,13,14)(H,15,16). The highest BCUT2D eigenvalue weighted by molar-refractivity contribution is 9.10. The summed E-state index contributed by atoms with van der Waals surface area (Å²) in [6.45, 7) is 0. The molecule has 17 heavy (non-hydrogen) atoms. The van der Waals surface area contributed by atoms with Crippen LogP contribution < -0.4 is 5.32 Å². The summed E-state index contributed by atoms with van der Waals surface area (Å²) in [6, 6.07) is 6.35. The minimum absolute atomic E-state index is 0.0690. The van der Waals surface area contributed by atoms with Crippen LogP contribution in [0.5, 0.6) is 0 Å². The van der Waals surface area contributed by atoms with Crippen LogP contribution >= 0.6 is 28.6 Å². The van der Waals surface area contributed by atoms with E-state index in [2.05, 4.69) is 33.9 Å². The lowest BCUT2D eigenvalue weighted by atomic mass is 10.1. The predicted octanol–water partition coefficient (Wildman–Crippen LogP) is 1.49. The number of nitrogens with one attached hydrogen (secondary N) is 1. The van der Waals surface area contributed by atoms with E-state index in [1.165, 1.54) is 0 Å². The quantitative estimate of drug-likeness (QED) is 0.721. The van der Waals surface area contributed by atoms with Gasteiger partial charge in [0.2, 0.25) is 5.91 Å². The van der Waals surface area contributed by atoms with Crippen LogP contribution in [0, 0.1) is 0 Å². The van der Waals surface area contributed by atoms with Gasteiger partial charge in [0.1, 0.15) is 6.04 Å². The second-order valence-electron chi connectivity index (χ2n) is 3.45. The summed E-state index contributed by atoms with van der Waals surface area (Å²) in [6.07, 6.45) is 0.150. The molecule has 1 aromatic carbocycles. The van der Waals surface area contributed by atoms with Crippen molar-refractivity contribution in [3.63, 3.8) is 0 Å². The molecule has 1 atom stereocenters. The molecule has 0 aromatic heterocycles. The van der Waals surface area contributed by atoms with Gasteiger partial charge in [-0.25, -0.2) is 4.79 Å². The van der Waals surface area contributed by atoms with Crippen molar-refractivity contribution in [2.24, 2.45) is 0 Å². The first-order valence-corrected chi connectivity index (χ1v) is 6.33. The fourth-order valence-electron chi connectivity index (χ4n) is 1.26. The molecule has 0 fully saturated rings. The first-order chi connectivity index (χ1) is 8.02. The van der Waals surface area contributed by atoms with Gasteiger partial charge in [-0.15, -0.1) is 0 Å². The fourth-order valence-corrected chi connectivity index (χ4v) is 1.96. The van der Waals surface area contributed by atoms with Gasteiger partial charge in [-0.2, -0.15) is 12.6 Å². The monoisotopic (exact) mass is 317 g/mol. The van der Waals surface area contributed by atoms with E-state index in [9.17, 15) is 9.59 Å². The van der Waals surface area contributed by atoms with Crippen molar-refractivity contribution in [3.8, 4) is 0 Å². The van der Waals surface area contributed by atoms with Crippen LogP contribution in [0.15, 0.2) is 28.7 Å².